The van der Waals surface area contributed by atoms with Crippen LogP contribution < -0.4 is 9.64 Å². The second-order valence-electron chi connectivity index (χ2n) is 8.56. The highest BCUT2D eigenvalue weighted by molar-refractivity contribution is 6.00. The Balaban J connectivity index is 1.60. The summed E-state index contributed by atoms with van der Waals surface area (Å²) in [6, 6.07) is 6.15. The van der Waals surface area contributed by atoms with Gasteiger partial charge in [-0.25, -0.2) is 0 Å². The Morgan fingerprint density at radius 1 is 1.13 bits per heavy atom. The molecule has 2 fully saturated rings. The van der Waals surface area contributed by atoms with Crippen LogP contribution in [0.4, 0.5) is 18.9 Å². The zero-order valence-electron chi connectivity index (χ0n) is 17.5. The van der Waals surface area contributed by atoms with E-state index in [9.17, 15) is 23.1 Å². The first-order chi connectivity index (χ1) is 14.1. The van der Waals surface area contributed by atoms with Crippen LogP contribution in [0, 0.1) is 5.41 Å². The van der Waals surface area contributed by atoms with Gasteiger partial charge in [-0.3, -0.25) is 4.79 Å². The van der Waals surface area contributed by atoms with Crippen molar-refractivity contribution in [3.63, 3.8) is 0 Å². The van der Waals surface area contributed by atoms with Gasteiger partial charge in [0.15, 0.2) is 6.10 Å². The zero-order valence-corrected chi connectivity index (χ0v) is 17.5. The molecule has 1 saturated carbocycles. The molecular weight excluding hydrogens is 399 g/mol. The molecule has 0 unspecified atom stereocenters. The number of hydrogen-bond acceptors (Lipinski definition) is 4. The van der Waals surface area contributed by atoms with Gasteiger partial charge in [-0.2, -0.15) is 13.2 Å². The van der Waals surface area contributed by atoms with Gasteiger partial charge in [0.25, 0.3) is 0 Å². The van der Waals surface area contributed by atoms with Crippen molar-refractivity contribution in [2.24, 2.45) is 5.41 Å². The van der Waals surface area contributed by atoms with E-state index >= 15 is 0 Å². The largest absolute Gasteiger partial charge is 0.481 e. The minimum Gasteiger partial charge on any atom is -0.481 e. The first-order valence-corrected chi connectivity index (χ1v) is 10.5. The van der Waals surface area contributed by atoms with Gasteiger partial charge in [0.2, 0.25) is 5.91 Å². The SMILES string of the molecule is CCCOCC1(O)CCC2(CCN(c3ccc(O[C@H](C)C(F)(F)F)cc3)C2=O)CC1. The molecule has 5 nitrogen and oxygen atoms in total. The topological polar surface area (TPSA) is 59.0 Å². The Labute approximate surface area is 175 Å². The molecule has 1 heterocycles. The lowest BCUT2D eigenvalue weighted by Gasteiger charge is -2.40. The molecule has 1 N–H and O–H groups in total. The molecular formula is C22H30F3NO4. The summed E-state index contributed by atoms with van der Waals surface area (Å²) in [7, 11) is 0. The van der Waals surface area contributed by atoms with Crippen molar-refractivity contribution in [3.8, 4) is 5.75 Å². The van der Waals surface area contributed by atoms with Gasteiger partial charge in [-0.1, -0.05) is 6.92 Å². The molecule has 0 bridgehead atoms. The van der Waals surface area contributed by atoms with Gasteiger partial charge >= 0.3 is 6.18 Å². The van der Waals surface area contributed by atoms with Crippen molar-refractivity contribution in [1.29, 1.82) is 0 Å². The number of benzene rings is 1. The summed E-state index contributed by atoms with van der Waals surface area (Å²) in [6.45, 7) is 4.44. The van der Waals surface area contributed by atoms with Crippen LogP contribution in [0.5, 0.6) is 5.75 Å². The zero-order chi connectivity index (χ0) is 22.0. The van der Waals surface area contributed by atoms with Crippen LogP contribution in [0.2, 0.25) is 0 Å². The fourth-order valence-electron chi connectivity index (χ4n) is 4.25. The predicted octanol–water partition coefficient (Wildman–Crippen LogP) is 4.47. The van der Waals surface area contributed by atoms with Crippen LogP contribution in [-0.4, -0.2) is 48.7 Å². The smallest absolute Gasteiger partial charge is 0.425 e. The predicted molar refractivity (Wildman–Crippen MR) is 107 cm³/mol. The van der Waals surface area contributed by atoms with Crippen molar-refractivity contribution in [1.82, 2.24) is 0 Å². The lowest BCUT2D eigenvalue weighted by molar-refractivity contribution is -0.189. The number of ether oxygens (including phenoxy) is 2. The van der Waals surface area contributed by atoms with Gasteiger partial charge in [-0.05, 0) is 69.7 Å². The van der Waals surface area contributed by atoms with Crippen LogP contribution in [0.15, 0.2) is 24.3 Å². The minimum atomic E-state index is -4.43. The molecule has 1 aliphatic carbocycles. The summed E-state index contributed by atoms with van der Waals surface area (Å²) in [4.78, 5) is 14.9. The Bertz CT molecular complexity index is 727. The number of aliphatic hydroxyl groups is 1. The minimum absolute atomic E-state index is 0.0244. The quantitative estimate of drug-likeness (QED) is 0.650. The van der Waals surface area contributed by atoms with Crippen LogP contribution in [0.3, 0.4) is 0 Å². The number of rotatable bonds is 7. The molecule has 0 radical (unpaired) electrons. The lowest BCUT2D eigenvalue weighted by Crippen LogP contribution is -2.45. The Morgan fingerprint density at radius 2 is 1.77 bits per heavy atom. The van der Waals surface area contributed by atoms with Gasteiger partial charge in [0.05, 0.1) is 17.6 Å². The van der Waals surface area contributed by atoms with Crippen molar-refractivity contribution in [3.05, 3.63) is 24.3 Å². The Morgan fingerprint density at radius 3 is 2.33 bits per heavy atom. The number of carbonyl (C=O) groups excluding carboxylic acids is 1. The third-order valence-electron chi connectivity index (χ3n) is 6.29. The summed E-state index contributed by atoms with van der Waals surface area (Å²) in [6.07, 6.45) is -2.45. The molecule has 1 aromatic carbocycles. The summed E-state index contributed by atoms with van der Waals surface area (Å²) in [5, 5.41) is 10.7. The van der Waals surface area contributed by atoms with E-state index in [1.165, 1.54) is 12.1 Å². The third kappa shape index (κ3) is 4.91. The molecule has 1 atom stereocenters. The first-order valence-electron chi connectivity index (χ1n) is 10.5. The second kappa shape index (κ2) is 8.75. The van der Waals surface area contributed by atoms with E-state index in [1.54, 1.807) is 17.0 Å². The molecule has 168 valence electrons. The molecule has 1 amide bonds. The maximum Gasteiger partial charge on any atom is 0.425 e. The third-order valence-corrected chi connectivity index (χ3v) is 6.29. The maximum atomic E-state index is 13.2. The van der Waals surface area contributed by atoms with E-state index < -0.39 is 23.3 Å². The number of alkyl halides is 3. The highest BCUT2D eigenvalue weighted by Crippen LogP contribution is 2.48. The lowest BCUT2D eigenvalue weighted by atomic mass is 9.68. The Kier molecular flexibility index (Phi) is 6.67. The molecule has 2 aliphatic rings. The summed E-state index contributed by atoms with van der Waals surface area (Å²) < 4.78 is 48.4. The van der Waals surface area contributed by atoms with Crippen molar-refractivity contribution in [2.75, 3.05) is 24.7 Å². The van der Waals surface area contributed by atoms with Crippen LogP contribution in [0.1, 0.15) is 52.4 Å². The number of nitrogens with zero attached hydrogens (tertiary/aromatic N) is 1. The average molecular weight is 429 g/mol. The summed E-state index contributed by atoms with van der Waals surface area (Å²) >= 11 is 0. The number of anilines is 1. The van der Waals surface area contributed by atoms with Crippen LogP contribution in [-0.2, 0) is 9.53 Å². The maximum absolute atomic E-state index is 13.2. The monoisotopic (exact) mass is 429 g/mol. The summed E-state index contributed by atoms with van der Waals surface area (Å²) in [5.74, 6) is 0.135. The molecule has 1 saturated heterocycles. The van der Waals surface area contributed by atoms with Crippen LogP contribution >= 0.6 is 0 Å². The van der Waals surface area contributed by atoms with E-state index in [1.807, 2.05) is 6.92 Å². The molecule has 0 aromatic heterocycles. The standard InChI is InChI=1S/C22H30F3NO4/c1-3-14-29-15-21(28)10-8-20(9-11-21)12-13-26(19(20)27)17-4-6-18(7-5-17)30-16(2)22(23,24)25/h4-7,16,28H,3,8-15H2,1-2H3/t16-,20?,21?/m1/s1. The van der Waals surface area contributed by atoms with Crippen molar-refractivity contribution in [2.45, 2.75) is 70.3 Å². The van der Waals surface area contributed by atoms with E-state index in [0.29, 0.717) is 57.6 Å². The van der Waals surface area contributed by atoms with E-state index in [4.69, 9.17) is 9.47 Å². The molecule has 1 aliphatic heterocycles. The van der Waals surface area contributed by atoms with Gasteiger partial charge in [0.1, 0.15) is 5.75 Å². The molecule has 1 aromatic rings. The molecule has 8 heteroatoms. The van der Waals surface area contributed by atoms with E-state index in [-0.39, 0.29) is 11.7 Å². The second-order valence-corrected chi connectivity index (χ2v) is 8.56. The van der Waals surface area contributed by atoms with E-state index in [0.717, 1.165) is 13.3 Å². The first kappa shape index (κ1) is 22.9. The number of halogens is 3. The van der Waals surface area contributed by atoms with E-state index in [2.05, 4.69) is 0 Å². The molecule has 3 rings (SSSR count). The van der Waals surface area contributed by atoms with Crippen molar-refractivity contribution >= 4 is 11.6 Å². The van der Waals surface area contributed by atoms with Gasteiger partial charge in [-0.15, -0.1) is 0 Å². The van der Waals surface area contributed by atoms with Crippen molar-refractivity contribution < 1.29 is 32.5 Å². The average Bonchev–Trinajstić information content (AvgIpc) is 3.01. The number of hydrogen-bond donors (Lipinski definition) is 1. The fourth-order valence-corrected chi connectivity index (χ4v) is 4.25. The van der Waals surface area contributed by atoms with Gasteiger partial charge in [0, 0.05) is 18.8 Å². The summed E-state index contributed by atoms with van der Waals surface area (Å²) in [5.41, 5.74) is -0.699. The highest BCUT2D eigenvalue weighted by atomic mass is 19.4. The normalized spacial score (nSPS) is 28.2. The number of carbonyl (C=O) groups is 1. The van der Waals surface area contributed by atoms with Gasteiger partial charge < -0.3 is 19.5 Å². The van der Waals surface area contributed by atoms with Crippen LogP contribution in [0.25, 0.3) is 0 Å². The Hall–Kier alpha value is -1.80. The molecule has 1 spiro atoms. The fraction of sp³-hybridized carbons (Fsp3) is 0.682. The highest BCUT2D eigenvalue weighted by Gasteiger charge is 2.51. The number of amides is 1. The molecule has 30 heavy (non-hydrogen) atoms.